The molecule has 5 nitrogen and oxygen atoms in total. The number of carbonyl (C=O) groups is 2. The summed E-state index contributed by atoms with van der Waals surface area (Å²) in [5.41, 5.74) is 7.45. The molecule has 1 aromatic carbocycles. The third kappa shape index (κ3) is 3.29. The van der Waals surface area contributed by atoms with E-state index in [2.05, 4.69) is 10.6 Å². The lowest BCUT2D eigenvalue weighted by atomic mass is 10.1. The van der Waals surface area contributed by atoms with Crippen molar-refractivity contribution >= 4 is 17.5 Å². The molecule has 1 aromatic rings. The normalized spacial score (nSPS) is 11.8. The van der Waals surface area contributed by atoms with Gasteiger partial charge in [-0.15, -0.1) is 0 Å². The van der Waals surface area contributed by atoms with E-state index in [0.717, 1.165) is 5.56 Å². The highest BCUT2D eigenvalue weighted by Gasteiger charge is 2.11. The minimum Gasteiger partial charge on any atom is -0.355 e. The van der Waals surface area contributed by atoms with Gasteiger partial charge < -0.3 is 16.4 Å². The summed E-state index contributed by atoms with van der Waals surface area (Å²) in [7, 11) is 1.56. The van der Waals surface area contributed by atoms with Crippen LogP contribution in [-0.2, 0) is 4.79 Å². The van der Waals surface area contributed by atoms with E-state index in [1.807, 2.05) is 6.92 Å². The minimum atomic E-state index is -0.585. The Labute approximate surface area is 100 Å². The SMILES string of the molecule is CNC(=O)c1ccc(C)c(NC(=O)[C@@H](C)N)c1. The molecule has 0 unspecified atom stereocenters. The average Bonchev–Trinajstić information content (AvgIpc) is 2.30. The maximum absolute atomic E-state index is 11.5. The van der Waals surface area contributed by atoms with Crippen molar-refractivity contribution in [1.29, 1.82) is 0 Å². The molecule has 0 bridgehead atoms. The summed E-state index contributed by atoms with van der Waals surface area (Å²) < 4.78 is 0. The molecule has 0 aliphatic carbocycles. The Morgan fingerprint density at radius 1 is 1.35 bits per heavy atom. The van der Waals surface area contributed by atoms with Gasteiger partial charge in [0.2, 0.25) is 5.91 Å². The predicted molar refractivity (Wildman–Crippen MR) is 66.8 cm³/mol. The van der Waals surface area contributed by atoms with Crippen LogP contribution in [0, 0.1) is 6.92 Å². The van der Waals surface area contributed by atoms with Gasteiger partial charge in [0.15, 0.2) is 0 Å². The van der Waals surface area contributed by atoms with E-state index in [9.17, 15) is 9.59 Å². The number of rotatable bonds is 3. The number of benzene rings is 1. The second-order valence-electron chi connectivity index (χ2n) is 3.89. The van der Waals surface area contributed by atoms with Crippen LogP contribution < -0.4 is 16.4 Å². The number of hydrogen-bond donors (Lipinski definition) is 3. The molecule has 0 saturated heterocycles. The molecular weight excluding hydrogens is 218 g/mol. The van der Waals surface area contributed by atoms with Crippen LogP contribution in [0.15, 0.2) is 18.2 Å². The van der Waals surface area contributed by atoms with Gasteiger partial charge in [-0.2, -0.15) is 0 Å². The maximum Gasteiger partial charge on any atom is 0.251 e. The molecule has 1 rings (SSSR count). The Kier molecular flexibility index (Phi) is 4.23. The fourth-order valence-corrected chi connectivity index (χ4v) is 1.29. The average molecular weight is 235 g/mol. The van der Waals surface area contributed by atoms with E-state index < -0.39 is 6.04 Å². The summed E-state index contributed by atoms with van der Waals surface area (Å²) in [6, 6.07) is 4.53. The largest absolute Gasteiger partial charge is 0.355 e. The number of carbonyl (C=O) groups excluding carboxylic acids is 2. The van der Waals surface area contributed by atoms with E-state index in [1.54, 1.807) is 32.2 Å². The number of nitrogens with two attached hydrogens (primary N) is 1. The van der Waals surface area contributed by atoms with Gasteiger partial charge >= 0.3 is 0 Å². The number of aryl methyl sites for hydroxylation is 1. The topological polar surface area (TPSA) is 84.2 Å². The van der Waals surface area contributed by atoms with E-state index in [1.165, 1.54) is 0 Å². The molecule has 0 aliphatic rings. The first-order valence-corrected chi connectivity index (χ1v) is 5.35. The van der Waals surface area contributed by atoms with Crippen molar-refractivity contribution in [2.45, 2.75) is 19.9 Å². The molecule has 0 aliphatic heterocycles. The van der Waals surface area contributed by atoms with Crippen LogP contribution in [0.2, 0.25) is 0 Å². The van der Waals surface area contributed by atoms with Gasteiger partial charge in [-0.3, -0.25) is 9.59 Å². The van der Waals surface area contributed by atoms with Crippen molar-refractivity contribution in [2.24, 2.45) is 5.73 Å². The molecule has 5 heteroatoms. The molecule has 92 valence electrons. The summed E-state index contributed by atoms with van der Waals surface area (Å²) in [4.78, 5) is 22.9. The summed E-state index contributed by atoms with van der Waals surface area (Å²) in [6.07, 6.45) is 0. The third-order valence-electron chi connectivity index (χ3n) is 2.40. The first-order valence-electron chi connectivity index (χ1n) is 5.35. The van der Waals surface area contributed by atoms with Gasteiger partial charge in [0, 0.05) is 18.3 Å². The zero-order chi connectivity index (χ0) is 13.0. The van der Waals surface area contributed by atoms with E-state index in [4.69, 9.17) is 5.73 Å². The second-order valence-corrected chi connectivity index (χ2v) is 3.89. The first kappa shape index (κ1) is 13.2. The van der Waals surface area contributed by atoms with Crippen molar-refractivity contribution in [3.63, 3.8) is 0 Å². The van der Waals surface area contributed by atoms with Crippen LogP contribution >= 0.6 is 0 Å². The minimum absolute atomic E-state index is 0.193. The zero-order valence-corrected chi connectivity index (χ0v) is 10.2. The van der Waals surface area contributed by atoms with Gasteiger partial charge in [0.25, 0.3) is 5.91 Å². The van der Waals surface area contributed by atoms with Crippen LogP contribution in [0.3, 0.4) is 0 Å². The second kappa shape index (κ2) is 5.45. The highest BCUT2D eigenvalue weighted by Crippen LogP contribution is 2.17. The van der Waals surface area contributed by atoms with Crippen LogP contribution in [0.25, 0.3) is 0 Å². The molecule has 0 fully saturated rings. The number of hydrogen-bond acceptors (Lipinski definition) is 3. The number of nitrogens with one attached hydrogen (secondary N) is 2. The fourth-order valence-electron chi connectivity index (χ4n) is 1.29. The summed E-state index contributed by atoms with van der Waals surface area (Å²) >= 11 is 0. The molecule has 2 amide bonds. The van der Waals surface area contributed by atoms with Gasteiger partial charge in [-0.1, -0.05) is 6.07 Å². The van der Waals surface area contributed by atoms with Crippen molar-refractivity contribution in [3.05, 3.63) is 29.3 Å². The molecule has 0 spiro atoms. The Morgan fingerprint density at radius 2 is 2.00 bits per heavy atom. The lowest BCUT2D eigenvalue weighted by molar-refractivity contribution is -0.117. The van der Waals surface area contributed by atoms with Crippen LogP contribution in [-0.4, -0.2) is 24.9 Å². The summed E-state index contributed by atoms with van der Waals surface area (Å²) in [5, 5.41) is 5.21. The molecular formula is C12H17N3O2. The summed E-state index contributed by atoms with van der Waals surface area (Å²) in [5.74, 6) is -0.469. The quantitative estimate of drug-likeness (QED) is 0.718. The number of amides is 2. The monoisotopic (exact) mass is 235 g/mol. The van der Waals surface area contributed by atoms with Crippen LogP contribution in [0.4, 0.5) is 5.69 Å². The third-order valence-corrected chi connectivity index (χ3v) is 2.40. The van der Waals surface area contributed by atoms with Crippen molar-refractivity contribution in [3.8, 4) is 0 Å². The Morgan fingerprint density at radius 3 is 2.53 bits per heavy atom. The summed E-state index contributed by atoms with van der Waals surface area (Å²) in [6.45, 7) is 3.46. The Balaban J connectivity index is 2.99. The molecule has 0 radical (unpaired) electrons. The smallest absolute Gasteiger partial charge is 0.251 e. The zero-order valence-electron chi connectivity index (χ0n) is 10.2. The number of anilines is 1. The molecule has 1 atom stereocenters. The van der Waals surface area contributed by atoms with Crippen molar-refractivity contribution in [2.75, 3.05) is 12.4 Å². The molecule has 0 heterocycles. The van der Waals surface area contributed by atoms with Gasteiger partial charge in [0.1, 0.15) is 0 Å². The molecule has 0 saturated carbocycles. The van der Waals surface area contributed by atoms with Crippen LogP contribution in [0.1, 0.15) is 22.8 Å². The maximum atomic E-state index is 11.5. The fraction of sp³-hybridized carbons (Fsp3) is 0.333. The van der Waals surface area contributed by atoms with E-state index >= 15 is 0 Å². The van der Waals surface area contributed by atoms with E-state index in [0.29, 0.717) is 11.3 Å². The Bertz CT molecular complexity index is 441. The highest BCUT2D eigenvalue weighted by atomic mass is 16.2. The van der Waals surface area contributed by atoms with Gasteiger partial charge in [-0.05, 0) is 31.5 Å². The van der Waals surface area contributed by atoms with Gasteiger partial charge in [0.05, 0.1) is 6.04 Å². The molecule has 17 heavy (non-hydrogen) atoms. The molecule has 0 aromatic heterocycles. The first-order chi connectivity index (χ1) is 7.95. The van der Waals surface area contributed by atoms with Gasteiger partial charge in [-0.25, -0.2) is 0 Å². The lowest BCUT2D eigenvalue weighted by Crippen LogP contribution is -2.32. The van der Waals surface area contributed by atoms with E-state index in [-0.39, 0.29) is 11.8 Å². The standard InChI is InChI=1S/C12H17N3O2/c1-7-4-5-9(12(17)14-3)6-10(7)15-11(16)8(2)13/h4-6,8H,13H2,1-3H3,(H,14,17)(H,15,16)/t8-/m1/s1. The highest BCUT2D eigenvalue weighted by molar-refractivity contribution is 5.98. The Hall–Kier alpha value is -1.88. The van der Waals surface area contributed by atoms with Crippen LogP contribution in [0.5, 0.6) is 0 Å². The molecule has 4 N–H and O–H groups in total. The van der Waals surface area contributed by atoms with Crippen molar-refractivity contribution in [1.82, 2.24) is 5.32 Å². The van der Waals surface area contributed by atoms with Crippen molar-refractivity contribution < 1.29 is 9.59 Å². The lowest BCUT2D eigenvalue weighted by Gasteiger charge is -2.11. The predicted octanol–water partition coefficient (Wildman–Crippen LogP) is 0.640.